The van der Waals surface area contributed by atoms with Crippen molar-refractivity contribution in [3.05, 3.63) is 16.6 Å². The summed E-state index contributed by atoms with van der Waals surface area (Å²) in [5.74, 6) is 1.85. The SMILES string of the molecule is Bc1cc(OCCCC)c(Br)cc1OCCCC. The molecule has 100 valence electrons. The van der Waals surface area contributed by atoms with Crippen LogP contribution in [0.1, 0.15) is 39.5 Å². The molecular weight excluding hydrogens is 291 g/mol. The highest BCUT2D eigenvalue weighted by Gasteiger charge is 2.07. The van der Waals surface area contributed by atoms with Gasteiger partial charge in [-0.05, 0) is 46.4 Å². The van der Waals surface area contributed by atoms with Crippen LogP contribution in [-0.4, -0.2) is 21.1 Å². The van der Waals surface area contributed by atoms with Crippen LogP contribution in [0.4, 0.5) is 0 Å². The molecule has 0 N–H and O–H groups in total. The van der Waals surface area contributed by atoms with Gasteiger partial charge in [-0.25, -0.2) is 0 Å². The molecule has 1 rings (SSSR count). The number of rotatable bonds is 8. The lowest BCUT2D eigenvalue weighted by Gasteiger charge is -2.13. The molecule has 0 aliphatic carbocycles. The molecule has 0 bridgehead atoms. The molecule has 18 heavy (non-hydrogen) atoms. The molecule has 0 saturated heterocycles. The Balaban J connectivity index is 2.64. The summed E-state index contributed by atoms with van der Waals surface area (Å²) in [7, 11) is 2.06. The van der Waals surface area contributed by atoms with E-state index in [2.05, 4.69) is 37.6 Å². The van der Waals surface area contributed by atoms with E-state index in [1.165, 1.54) is 0 Å². The van der Waals surface area contributed by atoms with Crippen LogP contribution in [0.25, 0.3) is 0 Å². The summed E-state index contributed by atoms with van der Waals surface area (Å²) in [5.41, 5.74) is 1.13. The van der Waals surface area contributed by atoms with Gasteiger partial charge < -0.3 is 9.47 Å². The lowest BCUT2D eigenvalue weighted by molar-refractivity contribution is 0.301. The molecule has 1 aromatic rings. The maximum absolute atomic E-state index is 5.75. The lowest BCUT2D eigenvalue weighted by atomic mass is 9.95. The first-order valence-electron chi connectivity index (χ1n) is 6.74. The smallest absolute Gasteiger partial charge is 0.144 e. The van der Waals surface area contributed by atoms with Crippen LogP contribution in [0.15, 0.2) is 16.6 Å². The molecule has 0 aromatic heterocycles. The van der Waals surface area contributed by atoms with Gasteiger partial charge in [-0.15, -0.1) is 0 Å². The van der Waals surface area contributed by atoms with E-state index >= 15 is 0 Å². The Morgan fingerprint density at radius 2 is 1.56 bits per heavy atom. The second-order valence-corrected chi connectivity index (χ2v) is 5.31. The fourth-order valence-corrected chi connectivity index (χ4v) is 1.99. The predicted molar refractivity (Wildman–Crippen MR) is 83.1 cm³/mol. The number of hydrogen-bond acceptors (Lipinski definition) is 2. The van der Waals surface area contributed by atoms with Crippen LogP contribution in [0.5, 0.6) is 11.5 Å². The van der Waals surface area contributed by atoms with E-state index in [0.717, 1.165) is 60.3 Å². The van der Waals surface area contributed by atoms with E-state index in [1.807, 2.05) is 12.1 Å². The zero-order valence-corrected chi connectivity index (χ0v) is 13.2. The second kappa shape index (κ2) is 8.46. The highest BCUT2D eigenvalue weighted by Crippen LogP contribution is 2.27. The Bertz CT molecular complexity index is 333. The standard InChI is InChI=1S/C14H22BBrO2/c1-3-5-7-17-13-10-12(16)14(9-11(13)15)18-8-6-4-2/h9-10H,3-8,15H2,1-2H3. The van der Waals surface area contributed by atoms with E-state index < -0.39 is 0 Å². The van der Waals surface area contributed by atoms with Crippen LogP contribution >= 0.6 is 15.9 Å². The Morgan fingerprint density at radius 1 is 1.00 bits per heavy atom. The van der Waals surface area contributed by atoms with Gasteiger partial charge in [-0.3, -0.25) is 0 Å². The first-order chi connectivity index (χ1) is 8.69. The molecule has 2 nitrogen and oxygen atoms in total. The third-order valence-corrected chi connectivity index (χ3v) is 3.36. The molecule has 0 aliphatic rings. The van der Waals surface area contributed by atoms with Crippen molar-refractivity contribution in [3.63, 3.8) is 0 Å². The summed E-state index contributed by atoms with van der Waals surface area (Å²) in [6.45, 7) is 5.87. The Morgan fingerprint density at radius 3 is 2.11 bits per heavy atom. The molecule has 0 heterocycles. The van der Waals surface area contributed by atoms with Gasteiger partial charge in [0.1, 0.15) is 19.3 Å². The Kier molecular flexibility index (Phi) is 7.25. The minimum Gasteiger partial charge on any atom is -0.494 e. The van der Waals surface area contributed by atoms with E-state index in [4.69, 9.17) is 9.47 Å². The summed E-state index contributed by atoms with van der Waals surface area (Å²) in [6, 6.07) is 4.05. The third kappa shape index (κ3) is 4.93. The van der Waals surface area contributed by atoms with E-state index in [-0.39, 0.29) is 0 Å². The van der Waals surface area contributed by atoms with Gasteiger partial charge in [0, 0.05) is 0 Å². The van der Waals surface area contributed by atoms with Crippen molar-refractivity contribution in [1.29, 1.82) is 0 Å². The van der Waals surface area contributed by atoms with Crippen LogP contribution in [0.3, 0.4) is 0 Å². The van der Waals surface area contributed by atoms with Gasteiger partial charge in [0.2, 0.25) is 0 Å². The largest absolute Gasteiger partial charge is 0.494 e. The van der Waals surface area contributed by atoms with Crippen LogP contribution < -0.4 is 14.9 Å². The summed E-state index contributed by atoms with van der Waals surface area (Å²) in [4.78, 5) is 0. The molecule has 0 spiro atoms. The second-order valence-electron chi connectivity index (χ2n) is 4.45. The normalized spacial score (nSPS) is 10.4. The highest BCUT2D eigenvalue weighted by atomic mass is 79.9. The summed E-state index contributed by atoms with van der Waals surface area (Å²) >= 11 is 3.54. The van der Waals surface area contributed by atoms with Crippen molar-refractivity contribution in [2.24, 2.45) is 0 Å². The fraction of sp³-hybridized carbons (Fsp3) is 0.571. The van der Waals surface area contributed by atoms with Crippen molar-refractivity contribution in [1.82, 2.24) is 0 Å². The Labute approximate surface area is 120 Å². The van der Waals surface area contributed by atoms with Gasteiger partial charge in [0.15, 0.2) is 0 Å². The summed E-state index contributed by atoms with van der Waals surface area (Å²) in [6.07, 6.45) is 4.47. The number of halogens is 1. The number of hydrogen-bond donors (Lipinski definition) is 0. The summed E-state index contributed by atoms with van der Waals surface area (Å²) < 4.78 is 12.5. The van der Waals surface area contributed by atoms with Gasteiger partial charge >= 0.3 is 0 Å². The van der Waals surface area contributed by atoms with E-state index in [9.17, 15) is 0 Å². The molecular formula is C14H22BBrO2. The van der Waals surface area contributed by atoms with Crippen LogP contribution in [-0.2, 0) is 0 Å². The molecule has 0 aliphatic heterocycles. The predicted octanol–water partition coefficient (Wildman–Crippen LogP) is 3.07. The molecule has 4 heteroatoms. The van der Waals surface area contributed by atoms with Crippen LogP contribution in [0.2, 0.25) is 0 Å². The van der Waals surface area contributed by atoms with Crippen molar-refractivity contribution >= 4 is 29.2 Å². The number of benzene rings is 1. The van der Waals surface area contributed by atoms with E-state index in [0.29, 0.717) is 0 Å². The molecule has 0 radical (unpaired) electrons. The number of ether oxygens (including phenoxy) is 2. The van der Waals surface area contributed by atoms with Gasteiger partial charge in [-0.2, -0.15) is 0 Å². The van der Waals surface area contributed by atoms with Crippen molar-refractivity contribution in [2.75, 3.05) is 13.2 Å². The molecule has 0 fully saturated rings. The minimum absolute atomic E-state index is 0.768. The monoisotopic (exact) mass is 312 g/mol. The zero-order chi connectivity index (χ0) is 13.4. The number of unbranched alkanes of at least 4 members (excludes halogenated alkanes) is 2. The van der Waals surface area contributed by atoms with Gasteiger partial charge in [-0.1, -0.05) is 26.7 Å². The molecule has 0 atom stereocenters. The minimum atomic E-state index is 0.768. The topological polar surface area (TPSA) is 18.5 Å². The van der Waals surface area contributed by atoms with Gasteiger partial charge in [0.25, 0.3) is 0 Å². The molecule has 0 unspecified atom stereocenters. The maximum atomic E-state index is 5.75. The average molecular weight is 313 g/mol. The van der Waals surface area contributed by atoms with Gasteiger partial charge in [0.05, 0.1) is 17.7 Å². The maximum Gasteiger partial charge on any atom is 0.144 e. The first kappa shape index (κ1) is 15.4. The third-order valence-electron chi connectivity index (χ3n) is 2.74. The van der Waals surface area contributed by atoms with E-state index in [1.54, 1.807) is 0 Å². The quantitative estimate of drug-likeness (QED) is 0.542. The zero-order valence-electron chi connectivity index (χ0n) is 11.6. The van der Waals surface area contributed by atoms with Crippen molar-refractivity contribution in [2.45, 2.75) is 39.5 Å². The average Bonchev–Trinajstić information content (AvgIpc) is 2.35. The lowest BCUT2D eigenvalue weighted by Crippen LogP contribution is -2.11. The first-order valence-corrected chi connectivity index (χ1v) is 7.54. The molecule has 0 saturated carbocycles. The Hall–Kier alpha value is -0.635. The van der Waals surface area contributed by atoms with Crippen molar-refractivity contribution < 1.29 is 9.47 Å². The molecule has 1 aromatic carbocycles. The van der Waals surface area contributed by atoms with Crippen LogP contribution in [0, 0.1) is 0 Å². The summed E-state index contributed by atoms with van der Waals surface area (Å²) in [5, 5.41) is 0. The van der Waals surface area contributed by atoms with Crippen molar-refractivity contribution in [3.8, 4) is 11.5 Å². The fourth-order valence-electron chi connectivity index (χ4n) is 1.56. The highest BCUT2D eigenvalue weighted by molar-refractivity contribution is 9.10. The molecule has 0 amide bonds.